The highest BCUT2D eigenvalue weighted by Crippen LogP contribution is 2.28. The largest absolute Gasteiger partial charge is 0.338 e. The Labute approximate surface area is 128 Å². The van der Waals surface area contributed by atoms with E-state index in [0.29, 0.717) is 13.0 Å². The minimum Gasteiger partial charge on any atom is -0.338 e. The summed E-state index contributed by atoms with van der Waals surface area (Å²) in [5.41, 5.74) is 0.732. The highest BCUT2D eigenvalue weighted by Gasteiger charge is 2.41. The van der Waals surface area contributed by atoms with Gasteiger partial charge in [0.1, 0.15) is 0 Å². The van der Waals surface area contributed by atoms with Crippen LogP contribution in [0.25, 0.3) is 0 Å². The molecule has 2 amide bonds. The van der Waals surface area contributed by atoms with Gasteiger partial charge >= 0.3 is 6.03 Å². The number of carbonyl (C=O) groups is 1. The molecular formula is C14H23F2N5O. The predicted octanol–water partition coefficient (Wildman–Crippen LogP) is 1.51. The van der Waals surface area contributed by atoms with Crippen LogP contribution >= 0.6 is 0 Å². The molecule has 8 heteroatoms. The Balaban J connectivity index is 1.73. The molecule has 1 saturated heterocycles. The first-order valence-electron chi connectivity index (χ1n) is 7.53. The van der Waals surface area contributed by atoms with Crippen LogP contribution < -0.4 is 16.0 Å². The van der Waals surface area contributed by atoms with Crippen molar-refractivity contribution in [2.24, 2.45) is 5.92 Å². The maximum Gasteiger partial charge on any atom is 0.315 e. The molecule has 3 N–H and O–H groups in total. The van der Waals surface area contributed by atoms with Crippen LogP contribution in [0, 0.1) is 5.92 Å². The number of urea groups is 1. The second-order valence-corrected chi connectivity index (χ2v) is 5.87. The van der Waals surface area contributed by atoms with Crippen molar-refractivity contribution in [1.29, 1.82) is 0 Å². The Morgan fingerprint density at radius 2 is 2.32 bits per heavy atom. The zero-order chi connectivity index (χ0) is 16.2. The van der Waals surface area contributed by atoms with Crippen molar-refractivity contribution in [3.05, 3.63) is 18.0 Å². The second kappa shape index (κ2) is 7.04. The maximum atomic E-state index is 13.6. The normalized spacial score (nSPS) is 20.9. The van der Waals surface area contributed by atoms with Gasteiger partial charge in [-0.3, -0.25) is 4.68 Å². The Hall–Kier alpha value is -1.70. The van der Waals surface area contributed by atoms with E-state index >= 15 is 0 Å². The van der Waals surface area contributed by atoms with Gasteiger partial charge in [0.2, 0.25) is 0 Å². The van der Waals surface area contributed by atoms with Crippen LogP contribution in [0.1, 0.15) is 32.0 Å². The van der Waals surface area contributed by atoms with Crippen molar-refractivity contribution in [2.45, 2.75) is 38.8 Å². The summed E-state index contributed by atoms with van der Waals surface area (Å²) in [5.74, 6) is -3.60. The third-order valence-corrected chi connectivity index (χ3v) is 3.76. The van der Waals surface area contributed by atoms with Crippen molar-refractivity contribution in [2.75, 3.05) is 19.6 Å². The number of rotatable bonds is 5. The lowest BCUT2D eigenvalue weighted by atomic mass is 9.94. The van der Waals surface area contributed by atoms with E-state index in [1.165, 1.54) is 0 Å². The molecule has 1 unspecified atom stereocenters. The molecule has 0 spiro atoms. The quantitative estimate of drug-likeness (QED) is 0.771. The second-order valence-electron chi connectivity index (χ2n) is 5.87. The Bertz CT molecular complexity index is 503. The number of nitrogens with one attached hydrogen (secondary N) is 3. The van der Waals surface area contributed by atoms with Gasteiger partial charge < -0.3 is 16.0 Å². The van der Waals surface area contributed by atoms with Crippen LogP contribution in [0.5, 0.6) is 0 Å². The van der Waals surface area contributed by atoms with Crippen LogP contribution in [0.4, 0.5) is 13.6 Å². The number of hydrogen-bond acceptors (Lipinski definition) is 3. The first-order valence-corrected chi connectivity index (χ1v) is 7.53. The number of alkyl halides is 2. The molecular weight excluding hydrogens is 292 g/mol. The fraction of sp³-hybridized carbons (Fsp3) is 0.714. The minimum atomic E-state index is -2.78. The average Bonchev–Trinajstić information content (AvgIpc) is 2.92. The van der Waals surface area contributed by atoms with Gasteiger partial charge in [-0.15, -0.1) is 0 Å². The first-order chi connectivity index (χ1) is 10.4. The molecule has 1 aromatic rings. The van der Waals surface area contributed by atoms with Gasteiger partial charge in [-0.25, -0.2) is 13.6 Å². The van der Waals surface area contributed by atoms with Gasteiger partial charge in [-0.2, -0.15) is 5.10 Å². The van der Waals surface area contributed by atoms with E-state index in [9.17, 15) is 13.6 Å². The van der Waals surface area contributed by atoms with E-state index in [4.69, 9.17) is 0 Å². The molecule has 1 aliphatic rings. The molecule has 6 nitrogen and oxygen atoms in total. The van der Waals surface area contributed by atoms with Crippen molar-refractivity contribution < 1.29 is 13.6 Å². The van der Waals surface area contributed by atoms with E-state index in [0.717, 1.165) is 5.69 Å². The topological polar surface area (TPSA) is 71.0 Å². The molecule has 2 heterocycles. The third-order valence-electron chi connectivity index (χ3n) is 3.76. The molecule has 0 bridgehead atoms. The molecule has 1 fully saturated rings. The molecule has 1 aromatic heterocycles. The minimum absolute atomic E-state index is 0.0268. The van der Waals surface area contributed by atoms with E-state index in [1.54, 1.807) is 4.68 Å². The smallest absolute Gasteiger partial charge is 0.315 e. The van der Waals surface area contributed by atoms with Crippen LogP contribution in [0.3, 0.4) is 0 Å². The van der Waals surface area contributed by atoms with Crippen molar-refractivity contribution in [3.8, 4) is 0 Å². The highest BCUT2D eigenvalue weighted by atomic mass is 19.3. The highest BCUT2D eigenvalue weighted by molar-refractivity contribution is 5.73. The lowest BCUT2D eigenvalue weighted by Gasteiger charge is -2.31. The summed E-state index contributed by atoms with van der Waals surface area (Å²) in [7, 11) is 0. The Kier molecular flexibility index (Phi) is 5.33. The summed E-state index contributed by atoms with van der Waals surface area (Å²) in [6, 6.07) is 1.62. The summed E-state index contributed by atoms with van der Waals surface area (Å²) in [6.45, 7) is 4.49. The van der Waals surface area contributed by atoms with Crippen molar-refractivity contribution in [1.82, 2.24) is 25.7 Å². The van der Waals surface area contributed by atoms with E-state index < -0.39 is 17.9 Å². The molecule has 22 heavy (non-hydrogen) atoms. The number of amides is 2. The summed E-state index contributed by atoms with van der Waals surface area (Å²) in [5, 5.41) is 12.1. The summed E-state index contributed by atoms with van der Waals surface area (Å²) < 4.78 is 29.0. The van der Waals surface area contributed by atoms with Gasteiger partial charge in [0.25, 0.3) is 5.92 Å². The molecule has 1 aliphatic heterocycles. The summed E-state index contributed by atoms with van der Waals surface area (Å²) in [6.07, 6.45) is 2.20. The number of piperidine rings is 1. The van der Waals surface area contributed by atoms with Crippen LogP contribution in [0.2, 0.25) is 0 Å². The fourth-order valence-electron chi connectivity index (χ4n) is 2.35. The molecule has 0 aromatic carbocycles. The zero-order valence-corrected chi connectivity index (χ0v) is 12.9. The lowest BCUT2D eigenvalue weighted by Crippen LogP contribution is -2.51. The SMILES string of the molecule is CC(C)n1ccc(CNC(=O)NCC2CCNCC2(F)F)n1. The lowest BCUT2D eigenvalue weighted by molar-refractivity contribution is -0.0710. The van der Waals surface area contributed by atoms with Gasteiger partial charge in [-0.05, 0) is 32.9 Å². The third kappa shape index (κ3) is 4.40. The molecule has 0 saturated carbocycles. The number of hydrogen-bond donors (Lipinski definition) is 3. The monoisotopic (exact) mass is 315 g/mol. The Morgan fingerprint density at radius 3 is 2.95 bits per heavy atom. The summed E-state index contributed by atoms with van der Waals surface area (Å²) in [4.78, 5) is 11.7. The van der Waals surface area contributed by atoms with Gasteiger partial charge in [0, 0.05) is 24.7 Å². The van der Waals surface area contributed by atoms with E-state index in [1.807, 2.05) is 26.1 Å². The first kappa shape index (κ1) is 16.7. The molecule has 124 valence electrons. The van der Waals surface area contributed by atoms with E-state index in [2.05, 4.69) is 21.0 Å². The van der Waals surface area contributed by atoms with Gasteiger partial charge in [0.15, 0.2) is 0 Å². The number of halogens is 2. The van der Waals surface area contributed by atoms with Crippen LogP contribution in [-0.4, -0.2) is 41.4 Å². The zero-order valence-electron chi connectivity index (χ0n) is 12.9. The van der Waals surface area contributed by atoms with Crippen molar-refractivity contribution >= 4 is 6.03 Å². The van der Waals surface area contributed by atoms with Gasteiger partial charge in [-0.1, -0.05) is 0 Å². The maximum absolute atomic E-state index is 13.6. The number of aromatic nitrogens is 2. The molecule has 1 atom stereocenters. The number of nitrogens with zero attached hydrogens (tertiary/aromatic N) is 2. The average molecular weight is 315 g/mol. The van der Waals surface area contributed by atoms with Crippen molar-refractivity contribution in [3.63, 3.8) is 0 Å². The number of carbonyl (C=O) groups excluding carboxylic acids is 1. The fourth-order valence-corrected chi connectivity index (χ4v) is 2.35. The molecule has 0 radical (unpaired) electrons. The standard InChI is InChI=1S/C14H23F2N5O/c1-10(2)21-6-4-12(20-21)8-19-13(22)18-7-11-3-5-17-9-14(11,15)16/h4,6,10-11,17H,3,5,7-9H2,1-2H3,(H2,18,19,22). The summed E-state index contributed by atoms with van der Waals surface area (Å²) >= 11 is 0. The molecule has 0 aliphatic carbocycles. The predicted molar refractivity (Wildman–Crippen MR) is 78.8 cm³/mol. The Morgan fingerprint density at radius 1 is 1.55 bits per heavy atom. The van der Waals surface area contributed by atoms with Crippen LogP contribution in [0.15, 0.2) is 12.3 Å². The molecule has 2 rings (SSSR count). The van der Waals surface area contributed by atoms with E-state index in [-0.39, 0.29) is 25.7 Å². The van der Waals surface area contributed by atoms with Crippen LogP contribution in [-0.2, 0) is 6.54 Å². The van der Waals surface area contributed by atoms with Gasteiger partial charge in [0.05, 0.1) is 18.8 Å².